The maximum atomic E-state index is 5.19. The van der Waals surface area contributed by atoms with Gasteiger partial charge in [0.05, 0.1) is 7.11 Å². The van der Waals surface area contributed by atoms with Crippen LogP contribution in [-0.2, 0) is 6.54 Å². The first kappa shape index (κ1) is 15.1. The molecule has 1 aromatic rings. The number of rotatable bonds is 7. The summed E-state index contributed by atoms with van der Waals surface area (Å²) in [7, 11) is 1.70. The molecule has 0 heterocycles. The molecule has 2 rings (SSSR count). The fourth-order valence-electron chi connectivity index (χ4n) is 3.28. The highest BCUT2D eigenvalue weighted by Crippen LogP contribution is 2.39. The Balaban J connectivity index is 1.84. The highest BCUT2D eigenvalue weighted by molar-refractivity contribution is 5.27. The van der Waals surface area contributed by atoms with Crippen LogP contribution in [0.4, 0.5) is 0 Å². The van der Waals surface area contributed by atoms with Gasteiger partial charge in [-0.05, 0) is 42.4 Å². The Kier molecular flexibility index (Phi) is 5.66. The summed E-state index contributed by atoms with van der Waals surface area (Å²) in [5.74, 6) is 0.921. The van der Waals surface area contributed by atoms with Crippen LogP contribution in [0.3, 0.4) is 0 Å². The maximum Gasteiger partial charge on any atom is 0.118 e. The highest BCUT2D eigenvalue weighted by atomic mass is 16.5. The molecule has 1 N–H and O–H groups in total. The van der Waals surface area contributed by atoms with Gasteiger partial charge in [0.1, 0.15) is 5.75 Å². The van der Waals surface area contributed by atoms with Gasteiger partial charge >= 0.3 is 0 Å². The van der Waals surface area contributed by atoms with Crippen LogP contribution in [0, 0.1) is 5.41 Å². The van der Waals surface area contributed by atoms with E-state index in [0.29, 0.717) is 5.41 Å². The smallest absolute Gasteiger partial charge is 0.118 e. The number of benzene rings is 1. The summed E-state index contributed by atoms with van der Waals surface area (Å²) in [4.78, 5) is 0. The van der Waals surface area contributed by atoms with Crippen LogP contribution in [0.1, 0.15) is 44.1 Å². The third kappa shape index (κ3) is 4.11. The molecular formula is C18H27NO. The number of methoxy groups -OCH3 is 1. The van der Waals surface area contributed by atoms with Crippen LogP contribution >= 0.6 is 0 Å². The normalized spacial score (nSPS) is 17.6. The first-order valence-corrected chi connectivity index (χ1v) is 7.73. The molecule has 1 aromatic carbocycles. The second kappa shape index (κ2) is 7.49. The SMILES string of the molecule is C=CCC1(CNCc2ccc(OC)cc2)CCCCC1. The molecule has 0 atom stereocenters. The van der Waals surface area contributed by atoms with Gasteiger partial charge in [-0.2, -0.15) is 0 Å². The Bertz CT molecular complexity index is 404. The van der Waals surface area contributed by atoms with Crippen molar-refractivity contribution < 1.29 is 4.74 Å². The van der Waals surface area contributed by atoms with E-state index in [4.69, 9.17) is 4.74 Å². The van der Waals surface area contributed by atoms with Gasteiger partial charge in [0.2, 0.25) is 0 Å². The molecule has 1 saturated carbocycles. The Morgan fingerprint density at radius 2 is 1.90 bits per heavy atom. The van der Waals surface area contributed by atoms with Crippen LogP contribution in [0.25, 0.3) is 0 Å². The molecule has 1 fully saturated rings. The molecule has 0 unspecified atom stereocenters. The molecular weight excluding hydrogens is 246 g/mol. The first-order valence-electron chi connectivity index (χ1n) is 7.73. The van der Waals surface area contributed by atoms with E-state index in [-0.39, 0.29) is 0 Å². The van der Waals surface area contributed by atoms with Crippen molar-refractivity contribution in [2.75, 3.05) is 13.7 Å². The number of hydrogen-bond acceptors (Lipinski definition) is 2. The van der Waals surface area contributed by atoms with Crippen molar-refractivity contribution in [1.29, 1.82) is 0 Å². The van der Waals surface area contributed by atoms with E-state index in [0.717, 1.165) is 25.3 Å². The molecule has 0 radical (unpaired) electrons. The van der Waals surface area contributed by atoms with Gasteiger partial charge in [-0.25, -0.2) is 0 Å². The lowest BCUT2D eigenvalue weighted by atomic mass is 9.72. The van der Waals surface area contributed by atoms with Crippen LogP contribution in [-0.4, -0.2) is 13.7 Å². The van der Waals surface area contributed by atoms with Gasteiger partial charge in [-0.15, -0.1) is 6.58 Å². The minimum atomic E-state index is 0.451. The number of allylic oxidation sites excluding steroid dienone is 1. The van der Waals surface area contributed by atoms with Gasteiger partial charge in [-0.1, -0.05) is 37.5 Å². The minimum absolute atomic E-state index is 0.451. The Morgan fingerprint density at radius 1 is 1.20 bits per heavy atom. The van der Waals surface area contributed by atoms with Crippen molar-refractivity contribution in [3.05, 3.63) is 42.5 Å². The predicted octanol–water partition coefficient (Wildman–Crippen LogP) is 4.31. The zero-order valence-electron chi connectivity index (χ0n) is 12.7. The van der Waals surface area contributed by atoms with Gasteiger partial charge < -0.3 is 10.1 Å². The Labute approximate surface area is 123 Å². The zero-order chi connectivity index (χ0) is 14.3. The van der Waals surface area contributed by atoms with Crippen LogP contribution in [0.15, 0.2) is 36.9 Å². The van der Waals surface area contributed by atoms with Crippen molar-refractivity contribution in [3.8, 4) is 5.75 Å². The summed E-state index contributed by atoms with van der Waals surface area (Å²) in [6.45, 7) is 5.98. The monoisotopic (exact) mass is 273 g/mol. The van der Waals surface area contributed by atoms with E-state index in [2.05, 4.69) is 30.1 Å². The topological polar surface area (TPSA) is 21.3 Å². The summed E-state index contributed by atoms with van der Waals surface area (Å²) in [6, 6.07) is 8.31. The van der Waals surface area contributed by atoms with E-state index < -0.39 is 0 Å². The van der Waals surface area contributed by atoms with Crippen molar-refractivity contribution in [2.24, 2.45) is 5.41 Å². The molecule has 1 aliphatic carbocycles. The zero-order valence-corrected chi connectivity index (χ0v) is 12.7. The lowest BCUT2D eigenvalue weighted by molar-refractivity contribution is 0.184. The van der Waals surface area contributed by atoms with Crippen LogP contribution < -0.4 is 10.1 Å². The summed E-state index contributed by atoms with van der Waals surface area (Å²) < 4.78 is 5.19. The molecule has 0 saturated heterocycles. The molecule has 0 amide bonds. The number of ether oxygens (including phenoxy) is 1. The summed E-state index contributed by atoms with van der Waals surface area (Å²) in [6.07, 6.45) is 10.1. The lowest BCUT2D eigenvalue weighted by Crippen LogP contribution is -2.35. The average molecular weight is 273 g/mol. The second-order valence-electron chi connectivity index (χ2n) is 6.01. The van der Waals surface area contributed by atoms with Gasteiger partial charge in [0, 0.05) is 13.1 Å². The largest absolute Gasteiger partial charge is 0.497 e. The molecule has 2 nitrogen and oxygen atoms in total. The lowest BCUT2D eigenvalue weighted by Gasteiger charge is -2.37. The third-order valence-corrected chi connectivity index (χ3v) is 4.48. The van der Waals surface area contributed by atoms with E-state index >= 15 is 0 Å². The maximum absolute atomic E-state index is 5.19. The Morgan fingerprint density at radius 3 is 2.50 bits per heavy atom. The fraction of sp³-hybridized carbons (Fsp3) is 0.556. The van der Waals surface area contributed by atoms with E-state index in [9.17, 15) is 0 Å². The summed E-state index contributed by atoms with van der Waals surface area (Å²) >= 11 is 0. The van der Waals surface area contributed by atoms with Crippen molar-refractivity contribution in [1.82, 2.24) is 5.32 Å². The van der Waals surface area contributed by atoms with Gasteiger partial charge in [0.15, 0.2) is 0 Å². The molecule has 0 bridgehead atoms. The highest BCUT2D eigenvalue weighted by Gasteiger charge is 2.30. The van der Waals surface area contributed by atoms with Gasteiger partial charge in [-0.3, -0.25) is 0 Å². The van der Waals surface area contributed by atoms with Crippen molar-refractivity contribution >= 4 is 0 Å². The Hall–Kier alpha value is -1.28. The van der Waals surface area contributed by atoms with Gasteiger partial charge in [0.25, 0.3) is 0 Å². The molecule has 0 spiro atoms. The van der Waals surface area contributed by atoms with Crippen LogP contribution in [0.2, 0.25) is 0 Å². The van der Waals surface area contributed by atoms with Crippen LogP contribution in [0.5, 0.6) is 5.75 Å². The fourth-order valence-corrected chi connectivity index (χ4v) is 3.28. The quantitative estimate of drug-likeness (QED) is 0.747. The second-order valence-corrected chi connectivity index (χ2v) is 6.01. The van der Waals surface area contributed by atoms with Crippen molar-refractivity contribution in [2.45, 2.75) is 45.1 Å². The molecule has 110 valence electrons. The summed E-state index contributed by atoms with van der Waals surface area (Å²) in [5.41, 5.74) is 1.77. The van der Waals surface area contributed by atoms with E-state index in [1.54, 1.807) is 7.11 Å². The average Bonchev–Trinajstić information content (AvgIpc) is 2.49. The number of nitrogens with one attached hydrogen (secondary N) is 1. The molecule has 1 aliphatic rings. The molecule has 0 aromatic heterocycles. The van der Waals surface area contributed by atoms with E-state index in [1.165, 1.54) is 37.7 Å². The minimum Gasteiger partial charge on any atom is -0.497 e. The molecule has 0 aliphatic heterocycles. The van der Waals surface area contributed by atoms with Crippen molar-refractivity contribution in [3.63, 3.8) is 0 Å². The van der Waals surface area contributed by atoms with E-state index in [1.807, 2.05) is 12.1 Å². The number of hydrogen-bond donors (Lipinski definition) is 1. The third-order valence-electron chi connectivity index (χ3n) is 4.48. The standard InChI is InChI=1S/C18H27NO/c1-3-11-18(12-5-4-6-13-18)15-19-14-16-7-9-17(20-2)10-8-16/h3,7-10,19H,1,4-6,11-15H2,2H3. The molecule has 20 heavy (non-hydrogen) atoms. The summed E-state index contributed by atoms with van der Waals surface area (Å²) in [5, 5.41) is 3.65. The predicted molar refractivity (Wildman–Crippen MR) is 85.0 cm³/mol. The first-order chi connectivity index (χ1) is 9.78. The molecule has 2 heteroatoms.